The summed E-state index contributed by atoms with van der Waals surface area (Å²) in [6, 6.07) is 17.8. The fourth-order valence-electron chi connectivity index (χ4n) is 4.01. The molecule has 0 saturated carbocycles. The second-order valence-electron chi connectivity index (χ2n) is 7.62. The largest absolute Gasteiger partial charge is 0.503 e. The predicted molar refractivity (Wildman–Crippen MR) is 121 cm³/mol. The highest BCUT2D eigenvalue weighted by molar-refractivity contribution is 7.10. The van der Waals surface area contributed by atoms with E-state index >= 15 is 0 Å². The first-order valence-corrected chi connectivity index (χ1v) is 10.7. The third-order valence-electron chi connectivity index (χ3n) is 5.54. The molecule has 2 aromatic carbocycles. The van der Waals surface area contributed by atoms with E-state index in [9.17, 15) is 14.7 Å². The van der Waals surface area contributed by atoms with E-state index in [1.165, 1.54) is 16.2 Å². The number of fused-ring (bicyclic) bond motifs is 1. The van der Waals surface area contributed by atoms with Crippen LogP contribution in [0.25, 0.3) is 11.0 Å². The van der Waals surface area contributed by atoms with Crippen molar-refractivity contribution in [3.63, 3.8) is 0 Å². The van der Waals surface area contributed by atoms with E-state index in [2.05, 4.69) is 0 Å². The number of nitrogens with zero attached hydrogens (tertiary/aromatic N) is 1. The third-order valence-corrected chi connectivity index (χ3v) is 6.46. The van der Waals surface area contributed by atoms with Crippen molar-refractivity contribution in [1.29, 1.82) is 0 Å². The lowest BCUT2D eigenvalue weighted by molar-refractivity contribution is -0.117. The number of Topliss-reactive ketones (excluding diaryl/α,β-unsaturated/α-hetero) is 1. The van der Waals surface area contributed by atoms with E-state index in [0.29, 0.717) is 11.3 Å². The normalized spacial score (nSPS) is 16.5. The molecule has 0 bridgehead atoms. The highest BCUT2D eigenvalue weighted by atomic mass is 32.1. The van der Waals surface area contributed by atoms with Gasteiger partial charge in [-0.25, -0.2) is 0 Å². The van der Waals surface area contributed by atoms with Crippen LogP contribution < -0.4 is 4.90 Å². The van der Waals surface area contributed by atoms with E-state index < -0.39 is 23.5 Å². The van der Waals surface area contributed by atoms with Crippen LogP contribution in [0.5, 0.6) is 0 Å². The number of furan rings is 1. The number of aliphatic hydroxyl groups is 1. The Morgan fingerprint density at radius 2 is 1.87 bits per heavy atom. The van der Waals surface area contributed by atoms with Crippen LogP contribution in [0, 0.1) is 13.8 Å². The van der Waals surface area contributed by atoms with Crippen molar-refractivity contribution in [3.05, 3.63) is 99.1 Å². The fraction of sp³-hybridized carbons (Fsp3) is 0.120. The number of hydrogen-bond acceptors (Lipinski definition) is 5. The molecule has 1 amide bonds. The zero-order chi connectivity index (χ0) is 21.7. The van der Waals surface area contributed by atoms with Crippen LogP contribution >= 0.6 is 11.3 Å². The SMILES string of the molecule is Cc1ccc(C)c(N2C(=O)C(O)=C(C(=O)c3cc4ccccc4o3)C2c2cccs2)c1. The summed E-state index contributed by atoms with van der Waals surface area (Å²) in [5.41, 5.74) is 3.14. The maximum atomic E-state index is 13.5. The highest BCUT2D eigenvalue weighted by Crippen LogP contribution is 2.44. The summed E-state index contributed by atoms with van der Waals surface area (Å²) in [7, 11) is 0. The van der Waals surface area contributed by atoms with Gasteiger partial charge in [-0.2, -0.15) is 0 Å². The minimum absolute atomic E-state index is 0.0346. The summed E-state index contributed by atoms with van der Waals surface area (Å²) >= 11 is 1.43. The molecule has 1 atom stereocenters. The number of amides is 1. The minimum atomic E-state index is -0.728. The molecule has 31 heavy (non-hydrogen) atoms. The number of anilines is 1. The highest BCUT2D eigenvalue weighted by Gasteiger charge is 2.46. The van der Waals surface area contributed by atoms with Crippen molar-refractivity contribution >= 4 is 39.7 Å². The molecule has 1 aliphatic heterocycles. The lowest BCUT2D eigenvalue weighted by Gasteiger charge is -2.27. The van der Waals surface area contributed by atoms with Gasteiger partial charge in [-0.3, -0.25) is 14.5 Å². The van der Waals surface area contributed by atoms with Crippen molar-refractivity contribution in [2.24, 2.45) is 0 Å². The molecule has 0 radical (unpaired) electrons. The van der Waals surface area contributed by atoms with Crippen LogP contribution in [0.3, 0.4) is 0 Å². The van der Waals surface area contributed by atoms with E-state index in [1.54, 1.807) is 12.1 Å². The molecule has 5 rings (SSSR count). The van der Waals surface area contributed by atoms with Gasteiger partial charge in [0.25, 0.3) is 5.91 Å². The average molecular weight is 429 g/mol. The number of carbonyl (C=O) groups is 2. The molecule has 4 aromatic rings. The number of para-hydroxylation sites is 1. The number of carbonyl (C=O) groups excluding carboxylic acids is 2. The first-order valence-electron chi connectivity index (χ1n) is 9.86. The zero-order valence-corrected chi connectivity index (χ0v) is 17.8. The Balaban J connectivity index is 1.67. The minimum Gasteiger partial charge on any atom is -0.503 e. The molecule has 0 fully saturated rings. The van der Waals surface area contributed by atoms with Gasteiger partial charge in [0.15, 0.2) is 11.5 Å². The van der Waals surface area contributed by atoms with Gasteiger partial charge in [-0.05, 0) is 54.6 Å². The Kier molecular flexibility index (Phi) is 4.52. The van der Waals surface area contributed by atoms with Gasteiger partial charge in [-0.15, -0.1) is 11.3 Å². The van der Waals surface area contributed by atoms with E-state index in [4.69, 9.17) is 4.42 Å². The smallest absolute Gasteiger partial charge is 0.294 e. The Morgan fingerprint density at radius 3 is 2.61 bits per heavy atom. The van der Waals surface area contributed by atoms with Gasteiger partial charge < -0.3 is 9.52 Å². The average Bonchev–Trinajstić information content (AvgIpc) is 3.48. The maximum Gasteiger partial charge on any atom is 0.294 e. The Labute approximate surface area is 182 Å². The summed E-state index contributed by atoms with van der Waals surface area (Å²) in [5, 5.41) is 13.5. The van der Waals surface area contributed by atoms with Gasteiger partial charge in [0, 0.05) is 16.0 Å². The molecule has 1 aliphatic rings. The first kappa shape index (κ1) is 19.3. The van der Waals surface area contributed by atoms with Gasteiger partial charge in [0.2, 0.25) is 5.78 Å². The number of aryl methyl sites for hydroxylation is 2. The van der Waals surface area contributed by atoms with Gasteiger partial charge >= 0.3 is 0 Å². The summed E-state index contributed by atoms with van der Waals surface area (Å²) in [4.78, 5) is 29.1. The molecular formula is C25H19NO4S. The van der Waals surface area contributed by atoms with Crippen molar-refractivity contribution in [2.45, 2.75) is 19.9 Å². The Hall–Kier alpha value is -3.64. The number of rotatable bonds is 4. The van der Waals surface area contributed by atoms with Crippen LogP contribution in [-0.2, 0) is 4.79 Å². The quantitative estimate of drug-likeness (QED) is 0.410. The standard InChI is InChI=1S/C25H19NO4S/c1-14-9-10-15(2)17(12-14)26-22(20-8-5-11-31-20)21(24(28)25(26)29)23(27)19-13-16-6-3-4-7-18(16)30-19/h3-13,22,28H,1-2H3. The second-order valence-corrected chi connectivity index (χ2v) is 8.60. The summed E-state index contributed by atoms with van der Waals surface area (Å²) < 4.78 is 5.75. The number of benzene rings is 2. The van der Waals surface area contributed by atoms with Crippen molar-refractivity contribution < 1.29 is 19.1 Å². The van der Waals surface area contributed by atoms with Crippen LogP contribution in [0.1, 0.15) is 32.6 Å². The maximum absolute atomic E-state index is 13.5. The Bertz CT molecular complexity index is 1330. The third kappa shape index (κ3) is 3.07. The van der Waals surface area contributed by atoms with Crippen molar-refractivity contribution in [2.75, 3.05) is 4.90 Å². The second kappa shape index (κ2) is 7.25. The molecule has 1 unspecified atom stereocenters. The number of hydrogen-bond donors (Lipinski definition) is 1. The molecule has 3 heterocycles. The van der Waals surface area contributed by atoms with Gasteiger partial charge in [0.1, 0.15) is 11.6 Å². The van der Waals surface area contributed by atoms with Crippen LogP contribution in [-0.4, -0.2) is 16.8 Å². The van der Waals surface area contributed by atoms with Crippen LogP contribution in [0.4, 0.5) is 5.69 Å². The predicted octanol–water partition coefficient (Wildman–Crippen LogP) is 5.89. The van der Waals surface area contributed by atoms with E-state index in [-0.39, 0.29) is 11.3 Å². The zero-order valence-electron chi connectivity index (χ0n) is 17.0. The Morgan fingerprint density at radius 1 is 1.06 bits per heavy atom. The summed E-state index contributed by atoms with van der Waals surface area (Å²) in [6.07, 6.45) is 0. The molecule has 2 aromatic heterocycles. The lowest BCUT2D eigenvalue weighted by Crippen LogP contribution is -2.31. The summed E-state index contributed by atoms with van der Waals surface area (Å²) in [6.45, 7) is 3.85. The molecule has 154 valence electrons. The molecular weight excluding hydrogens is 410 g/mol. The van der Waals surface area contributed by atoms with E-state index in [1.807, 2.05) is 67.8 Å². The van der Waals surface area contributed by atoms with Crippen molar-refractivity contribution in [1.82, 2.24) is 0 Å². The molecule has 1 N–H and O–H groups in total. The molecule has 0 saturated heterocycles. The topological polar surface area (TPSA) is 70.8 Å². The number of ketones is 1. The van der Waals surface area contributed by atoms with Crippen LogP contribution in [0.2, 0.25) is 0 Å². The number of aliphatic hydroxyl groups excluding tert-OH is 1. The summed E-state index contributed by atoms with van der Waals surface area (Å²) in [5.74, 6) is -1.52. The lowest BCUT2D eigenvalue weighted by atomic mass is 9.99. The molecule has 6 heteroatoms. The molecule has 0 aliphatic carbocycles. The van der Waals surface area contributed by atoms with Crippen LogP contribution in [0.15, 0.2) is 81.8 Å². The monoisotopic (exact) mass is 429 g/mol. The first-order chi connectivity index (χ1) is 15.0. The number of thiophene rings is 1. The van der Waals surface area contributed by atoms with Crippen molar-refractivity contribution in [3.8, 4) is 0 Å². The van der Waals surface area contributed by atoms with E-state index in [0.717, 1.165) is 21.4 Å². The molecule has 5 nitrogen and oxygen atoms in total. The van der Waals surface area contributed by atoms with Gasteiger partial charge in [0.05, 0.1) is 5.57 Å². The molecule has 0 spiro atoms. The fourth-order valence-corrected chi connectivity index (χ4v) is 4.83. The van der Waals surface area contributed by atoms with Gasteiger partial charge in [-0.1, -0.05) is 36.4 Å².